The summed E-state index contributed by atoms with van der Waals surface area (Å²) in [4.78, 5) is 25.6. The number of carbonyl (C=O) groups excluding carboxylic acids is 2. The average Bonchev–Trinajstić information content (AvgIpc) is 3.15. The molecule has 1 N–H and O–H groups in total. The largest absolute Gasteiger partial charge is 0.462 e. The quantitative estimate of drug-likeness (QED) is 0.292. The summed E-state index contributed by atoms with van der Waals surface area (Å²) in [6, 6.07) is 20.8. The summed E-state index contributed by atoms with van der Waals surface area (Å²) in [7, 11) is 0. The fourth-order valence-corrected chi connectivity index (χ4v) is 4.67. The maximum absolute atomic E-state index is 13.1. The molecular weight excluding hydrogens is 452 g/mol. The summed E-state index contributed by atoms with van der Waals surface area (Å²) < 4.78 is 13.0. The van der Waals surface area contributed by atoms with Crippen molar-refractivity contribution in [3.63, 3.8) is 0 Å². The molecule has 6 nitrogen and oxygen atoms in total. The number of ether oxygens (including phenoxy) is 2. The number of rotatable bonds is 6. The number of benzene rings is 3. The number of carbonyl (C=O) groups is 2. The molecule has 6 heteroatoms. The van der Waals surface area contributed by atoms with Gasteiger partial charge in [0.1, 0.15) is 5.60 Å². The van der Waals surface area contributed by atoms with Crippen LogP contribution in [0, 0.1) is 0 Å². The Balaban J connectivity index is 1.88. The first-order chi connectivity index (χ1) is 17.1. The average molecular weight is 487 g/mol. The van der Waals surface area contributed by atoms with Crippen molar-refractivity contribution < 1.29 is 19.1 Å². The molecule has 1 amide bonds. The van der Waals surface area contributed by atoms with Crippen molar-refractivity contribution in [2.45, 2.75) is 59.7 Å². The Hall–Kier alpha value is -3.80. The van der Waals surface area contributed by atoms with Gasteiger partial charge < -0.3 is 19.4 Å². The lowest BCUT2D eigenvalue weighted by Crippen LogP contribution is -2.33. The molecule has 0 radical (unpaired) electrons. The summed E-state index contributed by atoms with van der Waals surface area (Å²) in [6.07, 6.45) is -0.533. The van der Waals surface area contributed by atoms with Gasteiger partial charge in [0, 0.05) is 11.4 Å². The molecule has 0 aliphatic heterocycles. The second kappa shape index (κ2) is 10.1. The van der Waals surface area contributed by atoms with Crippen LogP contribution in [-0.4, -0.2) is 28.8 Å². The zero-order valence-electron chi connectivity index (χ0n) is 21.8. The molecule has 0 aliphatic carbocycles. The third kappa shape index (κ3) is 5.08. The van der Waals surface area contributed by atoms with E-state index in [1.54, 1.807) is 6.92 Å². The van der Waals surface area contributed by atoms with E-state index in [9.17, 15) is 9.59 Å². The van der Waals surface area contributed by atoms with E-state index in [0.29, 0.717) is 11.3 Å². The number of fused-ring (bicyclic) bond motifs is 2. The summed E-state index contributed by atoms with van der Waals surface area (Å²) >= 11 is 0. The number of esters is 1. The first kappa shape index (κ1) is 25.3. The van der Waals surface area contributed by atoms with Crippen molar-refractivity contribution in [1.82, 2.24) is 9.88 Å². The topological polar surface area (TPSA) is 69.6 Å². The molecule has 0 aliphatic rings. The molecule has 0 unspecified atom stereocenters. The zero-order chi connectivity index (χ0) is 26.0. The van der Waals surface area contributed by atoms with Crippen LogP contribution >= 0.6 is 0 Å². The first-order valence-electron chi connectivity index (χ1n) is 12.4. The van der Waals surface area contributed by atoms with Crippen LogP contribution in [0.3, 0.4) is 0 Å². The van der Waals surface area contributed by atoms with Gasteiger partial charge in [0.25, 0.3) is 0 Å². The van der Waals surface area contributed by atoms with Gasteiger partial charge in [0.05, 0.1) is 29.9 Å². The second-order valence-electron chi connectivity index (χ2n) is 10.1. The molecule has 0 spiro atoms. The van der Waals surface area contributed by atoms with Gasteiger partial charge in [-0.25, -0.2) is 9.59 Å². The van der Waals surface area contributed by atoms with Crippen molar-refractivity contribution in [1.29, 1.82) is 0 Å². The minimum absolute atomic E-state index is 0.0360. The third-order valence-corrected chi connectivity index (χ3v) is 6.00. The van der Waals surface area contributed by atoms with Crippen LogP contribution in [0.5, 0.6) is 0 Å². The lowest BCUT2D eigenvalue weighted by atomic mass is 9.97. The summed E-state index contributed by atoms with van der Waals surface area (Å²) in [5, 5.41) is 5.96. The molecule has 4 aromatic rings. The Morgan fingerprint density at radius 3 is 2.39 bits per heavy atom. The normalized spacial score (nSPS) is 11.8. The minimum Gasteiger partial charge on any atom is -0.462 e. The van der Waals surface area contributed by atoms with Gasteiger partial charge >= 0.3 is 12.1 Å². The third-order valence-electron chi connectivity index (χ3n) is 6.00. The van der Waals surface area contributed by atoms with Gasteiger partial charge in [0.2, 0.25) is 0 Å². The molecular formula is C30H34N2O4. The number of hydrogen-bond acceptors (Lipinski definition) is 4. The minimum atomic E-state index is -0.619. The van der Waals surface area contributed by atoms with Gasteiger partial charge in [-0.2, -0.15) is 0 Å². The number of nitrogens with zero attached hydrogens (tertiary/aromatic N) is 1. The van der Waals surface area contributed by atoms with E-state index in [4.69, 9.17) is 9.47 Å². The molecule has 4 rings (SSSR count). The predicted molar refractivity (Wildman–Crippen MR) is 144 cm³/mol. The Labute approximate surface area is 212 Å². The van der Waals surface area contributed by atoms with Crippen LogP contribution in [0.25, 0.3) is 32.8 Å². The maximum Gasteiger partial charge on any atom is 0.407 e. The highest BCUT2D eigenvalue weighted by atomic mass is 16.6. The monoisotopic (exact) mass is 486 g/mol. The Kier molecular flexibility index (Phi) is 7.07. The van der Waals surface area contributed by atoms with E-state index in [1.807, 2.05) is 45.0 Å². The molecule has 0 saturated heterocycles. The van der Waals surface area contributed by atoms with Crippen LogP contribution < -0.4 is 5.32 Å². The Bertz CT molecular complexity index is 1420. The predicted octanol–water partition coefficient (Wildman–Crippen LogP) is 7.24. The van der Waals surface area contributed by atoms with Crippen molar-refractivity contribution in [3.8, 4) is 11.1 Å². The highest BCUT2D eigenvalue weighted by Crippen LogP contribution is 2.36. The number of aromatic nitrogens is 1. The smallest absolute Gasteiger partial charge is 0.407 e. The molecule has 3 aromatic carbocycles. The zero-order valence-corrected chi connectivity index (χ0v) is 21.8. The number of amides is 1. The summed E-state index contributed by atoms with van der Waals surface area (Å²) in [6.45, 7) is 11.8. The van der Waals surface area contributed by atoms with E-state index in [-0.39, 0.29) is 19.2 Å². The van der Waals surface area contributed by atoms with E-state index >= 15 is 0 Å². The molecule has 0 saturated carbocycles. The van der Waals surface area contributed by atoms with E-state index < -0.39 is 17.7 Å². The standard InChI is InChI=1S/C30H34N2O4/c1-7-35-28(33)27-24-16-15-21(23-14-10-12-20-11-8-9-13-22(20)23)17-25(24)32(19(2)3)26(27)18-31-29(34)36-30(4,5)6/h8-17,19H,7,18H2,1-6H3,(H,31,34). The molecule has 0 bridgehead atoms. The Morgan fingerprint density at radius 1 is 0.972 bits per heavy atom. The molecule has 1 heterocycles. The fraction of sp³-hybridized carbons (Fsp3) is 0.333. The molecule has 1 aromatic heterocycles. The lowest BCUT2D eigenvalue weighted by molar-refractivity contribution is 0.0502. The number of hydrogen-bond donors (Lipinski definition) is 1. The molecule has 0 fully saturated rings. The van der Waals surface area contributed by atoms with Gasteiger partial charge in [-0.1, -0.05) is 54.6 Å². The van der Waals surface area contributed by atoms with Crippen LogP contribution in [-0.2, 0) is 16.0 Å². The number of nitrogens with one attached hydrogen (secondary N) is 1. The van der Waals surface area contributed by atoms with Gasteiger partial charge in [-0.3, -0.25) is 0 Å². The SMILES string of the molecule is CCOC(=O)c1c(CNC(=O)OC(C)(C)C)n(C(C)C)c2cc(-c3cccc4ccccc34)ccc12. The maximum atomic E-state index is 13.1. The first-order valence-corrected chi connectivity index (χ1v) is 12.4. The second-order valence-corrected chi connectivity index (χ2v) is 10.1. The van der Waals surface area contributed by atoms with Crippen molar-refractivity contribution in [2.75, 3.05) is 6.61 Å². The summed E-state index contributed by atoms with van der Waals surface area (Å²) in [5.41, 5.74) is 3.64. The van der Waals surface area contributed by atoms with Gasteiger partial charge in [-0.05, 0) is 69.5 Å². The van der Waals surface area contributed by atoms with E-state index in [1.165, 1.54) is 10.8 Å². The molecule has 0 atom stereocenters. The highest BCUT2D eigenvalue weighted by molar-refractivity contribution is 6.08. The number of alkyl carbamates (subject to hydrolysis) is 1. The Morgan fingerprint density at radius 2 is 1.69 bits per heavy atom. The summed E-state index contributed by atoms with van der Waals surface area (Å²) in [5.74, 6) is -0.402. The lowest BCUT2D eigenvalue weighted by Gasteiger charge is -2.21. The van der Waals surface area contributed by atoms with Crippen LogP contribution in [0.4, 0.5) is 4.79 Å². The fourth-order valence-electron chi connectivity index (χ4n) is 4.67. The molecule has 188 valence electrons. The van der Waals surface area contributed by atoms with Crippen LogP contribution in [0.1, 0.15) is 63.6 Å². The van der Waals surface area contributed by atoms with E-state index in [0.717, 1.165) is 22.0 Å². The van der Waals surface area contributed by atoms with Gasteiger partial charge in [-0.15, -0.1) is 0 Å². The highest BCUT2D eigenvalue weighted by Gasteiger charge is 2.26. The van der Waals surface area contributed by atoms with Crippen LogP contribution in [0.15, 0.2) is 60.7 Å². The van der Waals surface area contributed by atoms with Crippen molar-refractivity contribution >= 4 is 33.7 Å². The molecule has 36 heavy (non-hydrogen) atoms. The van der Waals surface area contributed by atoms with Crippen molar-refractivity contribution in [2.24, 2.45) is 0 Å². The van der Waals surface area contributed by atoms with E-state index in [2.05, 4.69) is 60.1 Å². The van der Waals surface area contributed by atoms with Crippen molar-refractivity contribution in [3.05, 3.63) is 71.9 Å². The van der Waals surface area contributed by atoms with Crippen LogP contribution in [0.2, 0.25) is 0 Å². The van der Waals surface area contributed by atoms with Gasteiger partial charge in [0.15, 0.2) is 0 Å².